The van der Waals surface area contributed by atoms with Gasteiger partial charge in [-0.15, -0.1) is 0 Å². The number of para-hydroxylation sites is 1. The summed E-state index contributed by atoms with van der Waals surface area (Å²) in [7, 11) is 1.50. The van der Waals surface area contributed by atoms with Gasteiger partial charge in [0.05, 0.1) is 49.2 Å². The molecule has 10 atom stereocenters. The number of rotatable bonds is 34. The Labute approximate surface area is 523 Å². The number of guanidine groups is 1. The minimum absolute atomic E-state index is 0.0400. The zero-order valence-corrected chi connectivity index (χ0v) is 52.1. The van der Waals surface area contributed by atoms with Gasteiger partial charge in [0.15, 0.2) is 23.3 Å². The molecule has 27 heteroatoms. The maximum atomic E-state index is 14.3. The predicted molar refractivity (Wildman–Crippen MR) is 335 cm³/mol. The van der Waals surface area contributed by atoms with Crippen molar-refractivity contribution in [1.82, 2.24) is 47.1 Å². The first-order valence-corrected chi connectivity index (χ1v) is 30.1. The van der Waals surface area contributed by atoms with Crippen molar-refractivity contribution in [2.24, 2.45) is 39.9 Å². The number of aliphatic hydroxyl groups excluding tert-OH is 2. The molecule has 0 bridgehead atoms. The van der Waals surface area contributed by atoms with Gasteiger partial charge < -0.3 is 79.6 Å². The number of nitrogens with two attached hydrogens (primary N) is 3. The smallest absolute Gasteiger partial charge is 0.315 e. The number of likely N-dealkylation sites (tertiary alicyclic amines) is 1. The fraction of sp³-hybridized carbons (Fsp3) is 0.492. The molecule has 0 spiro atoms. The number of H-pyrrole nitrogens is 1. The summed E-state index contributed by atoms with van der Waals surface area (Å²) in [5.74, 6) is -10.7. The number of hydrogen-bond acceptors (Lipinski definition) is 15. The van der Waals surface area contributed by atoms with Gasteiger partial charge in [-0.25, -0.2) is 4.79 Å². The number of carbonyl (C=O) groups is 11. The molecule has 490 valence electrons. The highest BCUT2D eigenvalue weighted by Gasteiger charge is 2.43. The minimum Gasteiger partial charge on any atom is -0.508 e. The Balaban J connectivity index is 0.00000856. The summed E-state index contributed by atoms with van der Waals surface area (Å²) in [6.45, 7) is 9.26. The van der Waals surface area contributed by atoms with Crippen molar-refractivity contribution in [2.75, 3.05) is 26.7 Å². The van der Waals surface area contributed by atoms with E-state index in [1.807, 2.05) is 52.0 Å². The first-order chi connectivity index (χ1) is 42.7. The maximum absolute atomic E-state index is 14.3. The lowest BCUT2D eigenvalue weighted by Crippen LogP contribution is -2.56. The number of aromatic nitrogens is 1. The Hall–Kier alpha value is -9.24. The average Bonchev–Trinajstić information content (AvgIpc) is 2.10. The number of urea groups is 1. The summed E-state index contributed by atoms with van der Waals surface area (Å²) in [6.07, 6.45) is -2.90. The molecule has 1 saturated heterocycles. The van der Waals surface area contributed by atoms with E-state index in [-0.39, 0.29) is 75.7 Å². The first-order valence-electron chi connectivity index (χ1n) is 30.1. The van der Waals surface area contributed by atoms with Crippen molar-refractivity contribution < 1.29 is 68.1 Å². The van der Waals surface area contributed by atoms with E-state index in [1.54, 1.807) is 36.5 Å². The lowest BCUT2D eigenvalue weighted by molar-refractivity contribution is -0.142. The van der Waals surface area contributed by atoms with Crippen LogP contribution in [-0.2, 0) is 67.2 Å². The average molecular weight is 1250 g/mol. The third-order valence-corrected chi connectivity index (χ3v) is 15.0. The van der Waals surface area contributed by atoms with Gasteiger partial charge in [-0.2, -0.15) is 0 Å². The number of hydrogen-bond donors (Lipinski definition) is 14. The van der Waals surface area contributed by atoms with Crippen molar-refractivity contribution in [3.8, 4) is 5.75 Å². The van der Waals surface area contributed by atoms with Crippen LogP contribution in [0.1, 0.15) is 103 Å². The number of aliphatic hydroxyl groups is 2. The monoisotopic (exact) mass is 1250 g/mol. The number of phenolic OH excluding ortho intramolecular Hbond substituents is 1. The summed E-state index contributed by atoms with van der Waals surface area (Å²) >= 11 is 0. The van der Waals surface area contributed by atoms with Crippen LogP contribution in [-0.4, -0.2) is 171 Å². The molecule has 1 aromatic heterocycles. The van der Waals surface area contributed by atoms with Gasteiger partial charge in [-0.05, 0) is 73.4 Å². The number of aromatic amines is 1. The van der Waals surface area contributed by atoms with Crippen LogP contribution in [0, 0.1) is 17.8 Å². The quantitative estimate of drug-likeness (QED) is 0.0170. The molecular formula is C63H89N13O14. The van der Waals surface area contributed by atoms with E-state index in [0.29, 0.717) is 17.5 Å². The Morgan fingerprint density at radius 3 is 1.93 bits per heavy atom. The third-order valence-electron chi connectivity index (χ3n) is 15.0. The van der Waals surface area contributed by atoms with Gasteiger partial charge in [-0.1, -0.05) is 88.4 Å². The second-order valence-electron chi connectivity index (χ2n) is 22.6. The van der Waals surface area contributed by atoms with Crippen molar-refractivity contribution in [2.45, 2.75) is 154 Å². The molecule has 0 unspecified atom stereocenters. The summed E-state index contributed by atoms with van der Waals surface area (Å²) in [6, 6.07) is 12.7. The van der Waals surface area contributed by atoms with E-state index in [9.17, 15) is 68.1 Å². The van der Waals surface area contributed by atoms with E-state index in [2.05, 4.69) is 47.2 Å². The Bertz CT molecular complexity index is 3140. The van der Waals surface area contributed by atoms with E-state index >= 15 is 0 Å². The van der Waals surface area contributed by atoms with Crippen LogP contribution in [0.3, 0.4) is 0 Å². The molecule has 1 aliphatic heterocycles. The minimum atomic E-state index is -1.71. The molecule has 27 nitrogen and oxygen atoms in total. The Morgan fingerprint density at radius 1 is 0.689 bits per heavy atom. The standard InChI is InChI=1S/C61H83N13O14.C2H6/c1-33(2)22-45(51(79)26-38(14-11-21-66-60(64)65-5)56(84)72-48(55(63)83)25-39-30-67-44-16-10-9-15-42(39)44)73-61(88)68-31-53(81)46(23-36-12-7-6-8-13-36)70-57(85)43(34(3)75)28-52(80)47(29-54(62)82)71-58(86)50-27-41(78)32-74(50)59(87)49(69-35(4)76)24-37-17-19-40(77)20-18-37;1-2/h6-10,12-13,15-20,30,33-34,38,41,43,45-50,67,75,77-78H,11,14,21-29,31-32H2,1-5H3,(H2,62,82)(H2,63,83)(H,69,76)(H,70,85)(H,71,86)(H,72,84)(H3,64,65,66)(H2,68,73,88);1-2H3/t34-,38-,41-,43+,45+,46+,47+,48+,49-,50+;/m1./s1. The van der Waals surface area contributed by atoms with E-state index in [1.165, 1.54) is 45.2 Å². The highest BCUT2D eigenvalue weighted by molar-refractivity contribution is 6.00. The molecule has 1 fully saturated rings. The van der Waals surface area contributed by atoms with Crippen LogP contribution < -0.4 is 54.4 Å². The number of fused-ring (bicyclic) bond motifs is 1. The number of amides is 9. The number of phenols is 1. The van der Waals surface area contributed by atoms with Gasteiger partial charge >= 0.3 is 6.03 Å². The number of nitrogens with one attached hydrogen (secondary N) is 8. The van der Waals surface area contributed by atoms with Gasteiger partial charge in [0.25, 0.3) is 0 Å². The van der Waals surface area contributed by atoms with Gasteiger partial charge in [0, 0.05) is 82.2 Å². The number of primary amides is 2. The zero-order chi connectivity index (χ0) is 66.8. The molecule has 4 aromatic rings. The molecule has 1 aliphatic rings. The van der Waals surface area contributed by atoms with Gasteiger partial charge in [0.1, 0.15) is 23.9 Å². The molecular weight excluding hydrogens is 1160 g/mol. The number of Topliss-reactive ketones (excluding diaryl/α,β-unsaturated/α-hetero) is 3. The van der Waals surface area contributed by atoms with Crippen molar-refractivity contribution in [3.05, 3.63) is 102 Å². The number of aliphatic imine (C=N–C) groups is 1. The Morgan fingerprint density at radius 2 is 1.31 bits per heavy atom. The van der Waals surface area contributed by atoms with Crippen LogP contribution in [0.2, 0.25) is 0 Å². The molecule has 2 heterocycles. The van der Waals surface area contributed by atoms with Crippen LogP contribution >= 0.6 is 0 Å². The predicted octanol–water partition coefficient (Wildman–Crippen LogP) is 0.338. The molecule has 3 aromatic carbocycles. The molecule has 17 N–H and O–H groups in total. The summed E-state index contributed by atoms with van der Waals surface area (Å²) in [4.78, 5) is 158. The molecule has 9 amide bonds. The van der Waals surface area contributed by atoms with E-state index in [0.717, 1.165) is 21.4 Å². The summed E-state index contributed by atoms with van der Waals surface area (Å²) < 4.78 is 0. The van der Waals surface area contributed by atoms with Gasteiger partial charge in [-0.3, -0.25) is 52.9 Å². The second kappa shape index (κ2) is 36.3. The lowest BCUT2D eigenvalue weighted by Gasteiger charge is -2.30. The number of aromatic hydroxyl groups is 1. The third kappa shape index (κ3) is 23.4. The number of carbonyl (C=O) groups excluding carboxylic acids is 11. The largest absolute Gasteiger partial charge is 0.508 e. The molecule has 90 heavy (non-hydrogen) atoms. The van der Waals surface area contributed by atoms with Crippen LogP contribution in [0.25, 0.3) is 10.9 Å². The number of β-amino-alcohol motifs (C(OH)–C–C–N with tert-alkyl or cyclic N) is 1. The van der Waals surface area contributed by atoms with Crippen LogP contribution in [0.4, 0.5) is 4.79 Å². The first kappa shape index (κ1) is 73.2. The fourth-order valence-electron chi connectivity index (χ4n) is 10.4. The zero-order valence-electron chi connectivity index (χ0n) is 52.1. The highest BCUT2D eigenvalue weighted by Crippen LogP contribution is 2.24. The van der Waals surface area contributed by atoms with Gasteiger partial charge in [0.2, 0.25) is 41.4 Å². The summed E-state index contributed by atoms with van der Waals surface area (Å²) in [5, 5.41) is 50.6. The van der Waals surface area contributed by atoms with Crippen LogP contribution in [0.15, 0.2) is 90.1 Å². The SMILES string of the molecule is CC.CN=C(N)NCCC[C@H](CC(=O)[C@H](CC(C)C)NC(=O)NCC(=O)[C@H](Cc1ccccc1)NC(=O)[C@@H](CC(=O)[C@H](CC(N)=O)NC(=O)[C@@H]1C[C@@H](O)CN1C(=O)[C@@H](Cc1ccc(O)cc1)NC(C)=O)[C@@H](C)O)C(=O)N[C@@H](Cc1c[nH]c2ccccc12)C(N)=O. The molecule has 0 saturated carbocycles. The van der Waals surface area contributed by atoms with Crippen LogP contribution in [0.5, 0.6) is 5.75 Å². The fourth-order valence-corrected chi connectivity index (χ4v) is 10.4. The number of ketones is 3. The van der Waals surface area contributed by atoms with E-state index < -0.39 is 144 Å². The highest BCUT2D eigenvalue weighted by atomic mass is 16.3. The second-order valence-corrected chi connectivity index (χ2v) is 22.6. The van der Waals surface area contributed by atoms with E-state index in [4.69, 9.17) is 17.2 Å². The number of nitrogens with zero attached hydrogens (tertiary/aromatic N) is 2. The van der Waals surface area contributed by atoms with Crippen molar-refractivity contribution in [3.63, 3.8) is 0 Å². The summed E-state index contributed by atoms with van der Waals surface area (Å²) in [5.41, 5.74) is 19.8. The van der Waals surface area contributed by atoms with Crippen molar-refractivity contribution in [1.29, 1.82) is 0 Å². The molecule has 0 aliphatic carbocycles. The molecule has 5 rings (SSSR count). The lowest BCUT2D eigenvalue weighted by atomic mass is 9.90. The topological polar surface area (TPSA) is 442 Å². The van der Waals surface area contributed by atoms with Crippen molar-refractivity contribution >= 4 is 81.6 Å². The molecule has 0 radical (unpaired) electrons. The Kier molecular flexibility index (Phi) is 29.5. The maximum Gasteiger partial charge on any atom is 0.315 e. The number of benzene rings is 3. The normalized spacial score (nSPS) is 16.5.